The lowest BCUT2D eigenvalue weighted by atomic mass is 10.2. The predicted octanol–water partition coefficient (Wildman–Crippen LogP) is 3.34. The summed E-state index contributed by atoms with van der Waals surface area (Å²) in [5.74, 6) is 0. The Hall–Kier alpha value is -1.71. The molecule has 18 heavy (non-hydrogen) atoms. The Morgan fingerprint density at radius 2 is 1.89 bits per heavy atom. The average molecular weight is 250 g/mol. The number of amides is 1. The van der Waals surface area contributed by atoms with Gasteiger partial charge in [0.25, 0.3) is 0 Å². The molecule has 0 aliphatic rings. The van der Waals surface area contributed by atoms with Gasteiger partial charge in [-0.3, -0.25) is 5.01 Å². The normalized spacial score (nSPS) is 10.9. The largest absolute Gasteiger partial charge is 0.443 e. The first kappa shape index (κ1) is 14.4. The minimum absolute atomic E-state index is 0.431. The summed E-state index contributed by atoms with van der Waals surface area (Å²) in [6.07, 6.45) is 0.504. The maximum Gasteiger partial charge on any atom is 0.426 e. The fourth-order valence-corrected chi connectivity index (χ4v) is 1.49. The SMILES string of the molecule is CCCN(NC(=O)OC(C)(C)C)c1ccccc1. The van der Waals surface area contributed by atoms with Gasteiger partial charge in [0.1, 0.15) is 5.60 Å². The highest BCUT2D eigenvalue weighted by Crippen LogP contribution is 2.12. The number of nitrogens with one attached hydrogen (secondary N) is 1. The number of hydrazine groups is 1. The van der Waals surface area contributed by atoms with Gasteiger partial charge in [-0.1, -0.05) is 25.1 Å². The zero-order valence-electron chi connectivity index (χ0n) is 11.6. The zero-order valence-corrected chi connectivity index (χ0v) is 11.6. The number of hydrogen-bond acceptors (Lipinski definition) is 3. The first-order valence-electron chi connectivity index (χ1n) is 6.24. The quantitative estimate of drug-likeness (QED) is 0.833. The Labute approximate surface area is 109 Å². The van der Waals surface area contributed by atoms with E-state index in [-0.39, 0.29) is 0 Å². The van der Waals surface area contributed by atoms with Crippen LogP contribution in [-0.2, 0) is 4.74 Å². The number of ether oxygens (including phenoxy) is 1. The van der Waals surface area contributed by atoms with Gasteiger partial charge in [0.15, 0.2) is 0 Å². The standard InChI is InChI=1S/C14H22N2O2/c1-5-11-16(12-9-7-6-8-10-12)15-13(17)18-14(2,3)4/h6-10H,5,11H2,1-4H3,(H,15,17). The molecule has 0 atom stereocenters. The maximum absolute atomic E-state index is 11.7. The lowest BCUT2D eigenvalue weighted by molar-refractivity contribution is 0.0521. The van der Waals surface area contributed by atoms with E-state index in [1.54, 1.807) is 5.01 Å². The average Bonchev–Trinajstić information content (AvgIpc) is 2.27. The molecule has 1 amide bonds. The molecule has 100 valence electrons. The van der Waals surface area contributed by atoms with Crippen LogP contribution in [-0.4, -0.2) is 18.2 Å². The Morgan fingerprint density at radius 3 is 2.39 bits per heavy atom. The van der Waals surface area contributed by atoms with Crippen LogP contribution in [0.5, 0.6) is 0 Å². The van der Waals surface area contributed by atoms with Crippen LogP contribution < -0.4 is 10.4 Å². The molecule has 1 N–H and O–H groups in total. The molecule has 0 fully saturated rings. The molecule has 1 aromatic rings. The van der Waals surface area contributed by atoms with E-state index in [2.05, 4.69) is 12.3 Å². The summed E-state index contributed by atoms with van der Waals surface area (Å²) in [6.45, 7) is 8.34. The molecule has 0 aliphatic heterocycles. The highest BCUT2D eigenvalue weighted by Gasteiger charge is 2.18. The van der Waals surface area contributed by atoms with Gasteiger partial charge in [-0.2, -0.15) is 0 Å². The Bertz CT molecular complexity index is 371. The first-order valence-corrected chi connectivity index (χ1v) is 6.24. The third-order valence-corrected chi connectivity index (χ3v) is 2.14. The molecule has 0 aromatic heterocycles. The van der Waals surface area contributed by atoms with Gasteiger partial charge in [-0.15, -0.1) is 0 Å². The smallest absolute Gasteiger partial charge is 0.426 e. The predicted molar refractivity (Wildman–Crippen MR) is 73.4 cm³/mol. The van der Waals surface area contributed by atoms with Crippen molar-refractivity contribution in [1.29, 1.82) is 0 Å². The molecular weight excluding hydrogens is 228 g/mol. The number of rotatable bonds is 4. The molecule has 0 saturated carbocycles. The van der Waals surface area contributed by atoms with E-state index >= 15 is 0 Å². The van der Waals surface area contributed by atoms with Gasteiger partial charge in [-0.25, -0.2) is 10.2 Å². The van der Waals surface area contributed by atoms with Crippen LogP contribution in [0.4, 0.5) is 10.5 Å². The Kier molecular flexibility index (Phi) is 5.01. The van der Waals surface area contributed by atoms with Crippen LogP contribution in [0.3, 0.4) is 0 Å². The number of anilines is 1. The zero-order chi connectivity index (χ0) is 13.6. The highest BCUT2D eigenvalue weighted by atomic mass is 16.6. The van der Waals surface area contributed by atoms with E-state index in [4.69, 9.17) is 4.74 Å². The van der Waals surface area contributed by atoms with E-state index in [1.165, 1.54) is 0 Å². The monoisotopic (exact) mass is 250 g/mol. The minimum Gasteiger partial charge on any atom is -0.443 e. The van der Waals surface area contributed by atoms with Gasteiger partial charge >= 0.3 is 6.09 Å². The van der Waals surface area contributed by atoms with Crippen LogP contribution in [0, 0.1) is 0 Å². The molecule has 0 unspecified atom stereocenters. The van der Waals surface area contributed by atoms with E-state index in [0.29, 0.717) is 0 Å². The highest BCUT2D eigenvalue weighted by molar-refractivity contribution is 5.70. The lowest BCUT2D eigenvalue weighted by Gasteiger charge is -2.27. The minimum atomic E-state index is -0.487. The molecule has 0 saturated heterocycles. The molecule has 0 aliphatic carbocycles. The summed E-state index contributed by atoms with van der Waals surface area (Å²) in [6, 6.07) is 9.73. The molecule has 4 nitrogen and oxygen atoms in total. The van der Waals surface area contributed by atoms with Gasteiger partial charge in [0.2, 0.25) is 0 Å². The van der Waals surface area contributed by atoms with Crippen molar-refractivity contribution in [1.82, 2.24) is 5.43 Å². The van der Waals surface area contributed by atoms with Crippen molar-refractivity contribution in [3.8, 4) is 0 Å². The summed E-state index contributed by atoms with van der Waals surface area (Å²) in [5, 5.41) is 1.80. The summed E-state index contributed by atoms with van der Waals surface area (Å²) < 4.78 is 5.24. The van der Waals surface area contributed by atoms with Crippen molar-refractivity contribution in [3.05, 3.63) is 30.3 Å². The molecule has 0 spiro atoms. The van der Waals surface area contributed by atoms with Crippen molar-refractivity contribution in [2.75, 3.05) is 11.6 Å². The van der Waals surface area contributed by atoms with Gasteiger partial charge < -0.3 is 4.74 Å². The van der Waals surface area contributed by atoms with Crippen molar-refractivity contribution in [2.24, 2.45) is 0 Å². The molecule has 0 bridgehead atoms. The fraction of sp³-hybridized carbons (Fsp3) is 0.500. The Balaban J connectivity index is 2.67. The van der Waals surface area contributed by atoms with Crippen molar-refractivity contribution in [3.63, 3.8) is 0 Å². The van der Waals surface area contributed by atoms with Crippen LogP contribution in [0.1, 0.15) is 34.1 Å². The van der Waals surface area contributed by atoms with E-state index in [0.717, 1.165) is 18.7 Å². The Morgan fingerprint density at radius 1 is 1.28 bits per heavy atom. The van der Waals surface area contributed by atoms with Crippen LogP contribution in [0.25, 0.3) is 0 Å². The maximum atomic E-state index is 11.7. The molecule has 0 radical (unpaired) electrons. The summed E-state index contributed by atoms with van der Waals surface area (Å²) in [5.41, 5.74) is 3.22. The summed E-state index contributed by atoms with van der Waals surface area (Å²) >= 11 is 0. The molecular formula is C14H22N2O2. The van der Waals surface area contributed by atoms with Crippen LogP contribution in [0.15, 0.2) is 30.3 Å². The summed E-state index contributed by atoms with van der Waals surface area (Å²) in [7, 11) is 0. The van der Waals surface area contributed by atoms with Crippen molar-refractivity contribution < 1.29 is 9.53 Å². The number of hydrogen-bond donors (Lipinski definition) is 1. The molecule has 1 aromatic carbocycles. The second-order valence-corrected chi connectivity index (χ2v) is 5.10. The summed E-state index contributed by atoms with van der Waals surface area (Å²) in [4.78, 5) is 11.7. The molecule has 4 heteroatoms. The van der Waals surface area contributed by atoms with E-state index in [9.17, 15) is 4.79 Å². The van der Waals surface area contributed by atoms with E-state index < -0.39 is 11.7 Å². The number of nitrogens with zero attached hydrogens (tertiary/aromatic N) is 1. The second kappa shape index (κ2) is 6.28. The van der Waals surface area contributed by atoms with Crippen molar-refractivity contribution in [2.45, 2.75) is 39.7 Å². The third kappa shape index (κ3) is 5.08. The number of para-hydroxylation sites is 1. The first-order chi connectivity index (χ1) is 8.42. The topological polar surface area (TPSA) is 41.6 Å². The fourth-order valence-electron chi connectivity index (χ4n) is 1.49. The van der Waals surface area contributed by atoms with Crippen LogP contribution in [0.2, 0.25) is 0 Å². The van der Waals surface area contributed by atoms with Gasteiger partial charge in [-0.05, 0) is 39.3 Å². The van der Waals surface area contributed by atoms with Gasteiger partial charge in [0.05, 0.1) is 5.69 Å². The lowest BCUT2D eigenvalue weighted by Crippen LogP contribution is -2.45. The van der Waals surface area contributed by atoms with Crippen LogP contribution >= 0.6 is 0 Å². The molecule has 1 rings (SSSR count). The third-order valence-electron chi connectivity index (χ3n) is 2.14. The number of carbonyl (C=O) groups excluding carboxylic acids is 1. The number of benzene rings is 1. The number of carbonyl (C=O) groups is 1. The van der Waals surface area contributed by atoms with Crippen molar-refractivity contribution >= 4 is 11.8 Å². The van der Waals surface area contributed by atoms with Gasteiger partial charge in [0, 0.05) is 6.54 Å². The van der Waals surface area contributed by atoms with E-state index in [1.807, 2.05) is 51.1 Å². The second-order valence-electron chi connectivity index (χ2n) is 5.10. The molecule has 0 heterocycles.